The minimum Gasteiger partial charge on any atom is -0.295 e. The second-order valence-electron chi connectivity index (χ2n) is 7.87. The summed E-state index contributed by atoms with van der Waals surface area (Å²) in [6, 6.07) is 0. The van der Waals surface area contributed by atoms with E-state index in [0.29, 0.717) is 24.0 Å². The Kier molecular flexibility index (Phi) is 3.27. The highest BCUT2D eigenvalue weighted by Crippen LogP contribution is 2.64. The Bertz CT molecular complexity index is 554. The van der Waals surface area contributed by atoms with Gasteiger partial charge in [0, 0.05) is 17.8 Å². The van der Waals surface area contributed by atoms with Gasteiger partial charge in [-0.05, 0) is 48.7 Å². The van der Waals surface area contributed by atoms with E-state index in [4.69, 9.17) is 0 Å². The minimum atomic E-state index is -0.253. The zero-order valence-corrected chi connectivity index (χ0v) is 13.6. The van der Waals surface area contributed by atoms with Gasteiger partial charge in [-0.1, -0.05) is 39.3 Å². The first-order chi connectivity index (χ1) is 9.81. The van der Waals surface area contributed by atoms with Crippen LogP contribution >= 0.6 is 0 Å². The van der Waals surface area contributed by atoms with Gasteiger partial charge >= 0.3 is 0 Å². The smallest absolute Gasteiger partial charge is 0.162 e. The molecule has 21 heavy (non-hydrogen) atoms. The summed E-state index contributed by atoms with van der Waals surface area (Å²) in [7, 11) is 0. The first-order valence-electron chi connectivity index (χ1n) is 8.29. The van der Waals surface area contributed by atoms with Crippen molar-refractivity contribution in [2.24, 2.45) is 28.6 Å². The third-order valence-electron chi connectivity index (χ3n) is 6.43. The number of fused-ring (bicyclic) bond motifs is 2. The summed E-state index contributed by atoms with van der Waals surface area (Å²) in [5.74, 6) is 1.76. The number of carbonyl (C=O) groups excluding carboxylic acids is 2. The molecule has 1 fully saturated rings. The van der Waals surface area contributed by atoms with E-state index < -0.39 is 0 Å². The van der Waals surface area contributed by atoms with Gasteiger partial charge in [0.2, 0.25) is 0 Å². The first kappa shape index (κ1) is 14.7. The van der Waals surface area contributed by atoms with Crippen LogP contribution in [0.15, 0.2) is 23.8 Å². The summed E-state index contributed by atoms with van der Waals surface area (Å²) in [6.45, 7) is 8.84. The Morgan fingerprint density at radius 2 is 1.95 bits per heavy atom. The van der Waals surface area contributed by atoms with E-state index in [1.54, 1.807) is 6.08 Å². The van der Waals surface area contributed by atoms with Crippen molar-refractivity contribution in [2.45, 2.75) is 53.4 Å². The van der Waals surface area contributed by atoms with Gasteiger partial charge < -0.3 is 0 Å². The molecule has 0 N–H and O–H groups in total. The quantitative estimate of drug-likeness (QED) is 0.727. The van der Waals surface area contributed by atoms with Gasteiger partial charge in [-0.2, -0.15) is 0 Å². The fourth-order valence-corrected chi connectivity index (χ4v) is 5.06. The molecule has 2 heteroatoms. The fraction of sp³-hybridized carbons (Fsp3) is 0.684. The lowest BCUT2D eigenvalue weighted by Crippen LogP contribution is -2.51. The van der Waals surface area contributed by atoms with Crippen LogP contribution in [-0.2, 0) is 9.59 Å². The van der Waals surface area contributed by atoms with Crippen LogP contribution in [0.5, 0.6) is 0 Å². The van der Waals surface area contributed by atoms with Crippen LogP contribution in [0.4, 0.5) is 0 Å². The molecule has 3 aliphatic rings. The van der Waals surface area contributed by atoms with Gasteiger partial charge in [-0.25, -0.2) is 0 Å². The highest BCUT2D eigenvalue weighted by atomic mass is 16.1. The third kappa shape index (κ3) is 1.91. The van der Waals surface area contributed by atoms with Gasteiger partial charge in [-0.3, -0.25) is 9.59 Å². The molecule has 1 spiro atoms. The van der Waals surface area contributed by atoms with Crippen molar-refractivity contribution in [1.82, 2.24) is 0 Å². The molecule has 0 aromatic heterocycles. The SMILES string of the molecule is CC(C)C1=CC(=O)[C@@]2(C)CC[C@H](C)[C@@]3(C=CC(=O)CC3)[C@@H]12. The molecular weight excluding hydrogens is 260 g/mol. The van der Waals surface area contributed by atoms with Gasteiger partial charge in [0.15, 0.2) is 11.6 Å². The molecule has 2 nitrogen and oxygen atoms in total. The van der Waals surface area contributed by atoms with Crippen molar-refractivity contribution in [3.8, 4) is 0 Å². The molecule has 0 aromatic carbocycles. The Morgan fingerprint density at radius 1 is 1.24 bits per heavy atom. The van der Waals surface area contributed by atoms with Gasteiger partial charge in [0.25, 0.3) is 0 Å². The number of hydrogen-bond donors (Lipinski definition) is 0. The van der Waals surface area contributed by atoms with Crippen molar-refractivity contribution in [1.29, 1.82) is 0 Å². The van der Waals surface area contributed by atoms with E-state index in [2.05, 4.69) is 33.8 Å². The highest BCUT2D eigenvalue weighted by Gasteiger charge is 2.60. The van der Waals surface area contributed by atoms with Gasteiger partial charge in [-0.15, -0.1) is 0 Å². The molecule has 3 aliphatic carbocycles. The standard InChI is InChI=1S/C19H26O2/c1-12(2)15-11-16(21)18(4)8-5-13(3)19(17(15)18)9-6-14(20)7-10-19/h6,9,11-13,17H,5,7-8,10H2,1-4H3/t13-,17-,18+,19-/m0/s1. The fourth-order valence-electron chi connectivity index (χ4n) is 5.06. The van der Waals surface area contributed by atoms with Crippen molar-refractivity contribution >= 4 is 11.6 Å². The summed E-state index contributed by atoms with van der Waals surface area (Å²) in [4.78, 5) is 24.4. The molecule has 0 radical (unpaired) electrons. The van der Waals surface area contributed by atoms with Crippen molar-refractivity contribution in [3.05, 3.63) is 23.8 Å². The first-order valence-corrected chi connectivity index (χ1v) is 8.29. The monoisotopic (exact) mass is 286 g/mol. The normalized spacial score (nSPS) is 42.6. The van der Waals surface area contributed by atoms with Crippen LogP contribution in [-0.4, -0.2) is 11.6 Å². The Labute approximate surface area is 127 Å². The predicted octanol–water partition coefficient (Wildman–Crippen LogP) is 4.11. The average Bonchev–Trinajstić information content (AvgIpc) is 2.71. The summed E-state index contributed by atoms with van der Waals surface area (Å²) in [5, 5.41) is 0. The molecule has 4 atom stereocenters. The maximum atomic E-state index is 12.7. The summed E-state index contributed by atoms with van der Waals surface area (Å²) in [5.41, 5.74) is 1.06. The van der Waals surface area contributed by atoms with Crippen LogP contribution in [0.1, 0.15) is 53.4 Å². The zero-order valence-electron chi connectivity index (χ0n) is 13.6. The molecule has 0 amide bonds. The topological polar surface area (TPSA) is 34.1 Å². The molecule has 0 bridgehead atoms. The number of hydrogen-bond acceptors (Lipinski definition) is 2. The summed E-state index contributed by atoms with van der Waals surface area (Å²) in [6.07, 6.45) is 9.48. The van der Waals surface area contributed by atoms with Crippen LogP contribution in [0, 0.1) is 28.6 Å². The van der Waals surface area contributed by atoms with Crippen LogP contribution in [0.3, 0.4) is 0 Å². The molecule has 1 saturated carbocycles. The lowest BCUT2D eigenvalue weighted by molar-refractivity contribution is -0.131. The van der Waals surface area contributed by atoms with Crippen LogP contribution in [0.2, 0.25) is 0 Å². The van der Waals surface area contributed by atoms with E-state index in [9.17, 15) is 9.59 Å². The number of ketones is 2. The molecule has 0 heterocycles. The Balaban J connectivity index is 2.14. The van der Waals surface area contributed by atoms with E-state index >= 15 is 0 Å². The second kappa shape index (κ2) is 4.66. The van der Waals surface area contributed by atoms with E-state index in [0.717, 1.165) is 19.3 Å². The van der Waals surface area contributed by atoms with Crippen molar-refractivity contribution < 1.29 is 9.59 Å². The Hall–Kier alpha value is -1.18. The number of rotatable bonds is 1. The van der Waals surface area contributed by atoms with Gasteiger partial charge in [0.1, 0.15) is 0 Å². The molecule has 0 unspecified atom stereocenters. The van der Waals surface area contributed by atoms with E-state index in [1.807, 2.05) is 6.08 Å². The maximum absolute atomic E-state index is 12.7. The molecule has 0 saturated heterocycles. The lowest BCUT2D eigenvalue weighted by atomic mass is 9.48. The summed E-state index contributed by atoms with van der Waals surface area (Å²) < 4.78 is 0. The zero-order chi connectivity index (χ0) is 15.4. The summed E-state index contributed by atoms with van der Waals surface area (Å²) >= 11 is 0. The lowest BCUT2D eigenvalue weighted by Gasteiger charge is -2.55. The van der Waals surface area contributed by atoms with E-state index in [-0.39, 0.29) is 22.5 Å². The average molecular weight is 286 g/mol. The van der Waals surface area contributed by atoms with Crippen LogP contribution < -0.4 is 0 Å². The molecule has 114 valence electrons. The van der Waals surface area contributed by atoms with E-state index in [1.165, 1.54) is 5.57 Å². The molecule has 3 rings (SSSR count). The molecule has 0 aromatic rings. The highest BCUT2D eigenvalue weighted by molar-refractivity contribution is 5.99. The minimum absolute atomic E-state index is 0.00315. The van der Waals surface area contributed by atoms with Gasteiger partial charge in [0.05, 0.1) is 0 Å². The maximum Gasteiger partial charge on any atom is 0.162 e. The Morgan fingerprint density at radius 3 is 2.52 bits per heavy atom. The largest absolute Gasteiger partial charge is 0.295 e. The molecular formula is C19H26O2. The number of carbonyl (C=O) groups is 2. The van der Waals surface area contributed by atoms with Crippen molar-refractivity contribution in [2.75, 3.05) is 0 Å². The van der Waals surface area contributed by atoms with Crippen LogP contribution in [0.25, 0.3) is 0 Å². The number of allylic oxidation sites excluding steroid dienone is 4. The van der Waals surface area contributed by atoms with Crippen molar-refractivity contribution in [3.63, 3.8) is 0 Å². The molecule has 0 aliphatic heterocycles. The second-order valence-corrected chi connectivity index (χ2v) is 7.87. The predicted molar refractivity (Wildman–Crippen MR) is 83.7 cm³/mol. The third-order valence-corrected chi connectivity index (χ3v) is 6.43.